The van der Waals surface area contributed by atoms with Crippen LogP contribution in [0.25, 0.3) is 43.8 Å². The smallest absolute Gasteiger partial charge is 0.413 e. The Morgan fingerprint density at radius 1 is 0.837 bits per heavy atom. The van der Waals surface area contributed by atoms with Gasteiger partial charge >= 0.3 is 6.09 Å². The highest BCUT2D eigenvalue weighted by Gasteiger charge is 2.41. The van der Waals surface area contributed by atoms with E-state index in [1.54, 1.807) is 28.7 Å². The van der Waals surface area contributed by atoms with Gasteiger partial charge in [-0.25, -0.2) is 9.78 Å². The van der Waals surface area contributed by atoms with Gasteiger partial charge in [-0.05, 0) is 80.7 Å². The van der Waals surface area contributed by atoms with Crippen molar-refractivity contribution in [2.75, 3.05) is 5.32 Å². The molecule has 2 fully saturated rings. The summed E-state index contributed by atoms with van der Waals surface area (Å²) in [4.78, 5) is 20.3. The maximum absolute atomic E-state index is 11.9. The average Bonchev–Trinajstić information content (AvgIpc) is 3.41. The number of aliphatic hydroxyl groups is 1. The standard InChI is InChI=1S/C18H18N4O2.C14H13N3O.C4H8O.C2H6/c1-18(5-6-18)24-17(23)21-16-8-14-7-12(3-4-13(14)9-19-16)15-10-20-22(2)11-15;1-9-14(18)13-5-10(3-4-11(13)6-15-9)12-7-16-17(2)8-12;5-4-2-1-3-4;1-2/h3-4,7-11H,5-6H2,1-2H3,(H,19,21,23);3-8,18H,1-2H3;4-5H,1-3H2;1-2H3. The van der Waals surface area contributed by atoms with Gasteiger partial charge in [-0.15, -0.1) is 0 Å². The molecular formula is C38H45N7O4. The number of ether oxygens (including phenoxy) is 1. The average molecular weight is 664 g/mol. The molecule has 0 unspecified atom stereocenters. The van der Waals surface area contributed by atoms with Crippen LogP contribution < -0.4 is 5.32 Å². The number of aryl methyl sites for hydroxylation is 3. The van der Waals surface area contributed by atoms with E-state index in [4.69, 9.17) is 9.84 Å². The van der Waals surface area contributed by atoms with Gasteiger partial charge in [0, 0.05) is 66.2 Å². The van der Waals surface area contributed by atoms with Crippen molar-refractivity contribution in [2.45, 2.75) is 71.5 Å². The van der Waals surface area contributed by atoms with Gasteiger partial charge in [0.05, 0.1) is 24.2 Å². The van der Waals surface area contributed by atoms with Crippen LogP contribution in [-0.4, -0.2) is 57.5 Å². The molecule has 4 heterocycles. The van der Waals surface area contributed by atoms with Crippen LogP contribution in [0, 0.1) is 6.92 Å². The molecule has 4 aromatic heterocycles. The number of amides is 1. The van der Waals surface area contributed by atoms with Gasteiger partial charge in [-0.1, -0.05) is 38.1 Å². The first-order valence-electron chi connectivity index (χ1n) is 16.7. The summed E-state index contributed by atoms with van der Waals surface area (Å²) in [5.74, 6) is 0.735. The molecule has 49 heavy (non-hydrogen) atoms. The fourth-order valence-electron chi connectivity index (χ4n) is 5.02. The topological polar surface area (TPSA) is 140 Å². The fraction of sp³-hybridized carbons (Fsp3) is 0.342. The number of aromatic hydroxyl groups is 1. The minimum Gasteiger partial charge on any atom is -0.505 e. The third kappa shape index (κ3) is 8.99. The largest absolute Gasteiger partial charge is 0.505 e. The first-order chi connectivity index (χ1) is 23.5. The zero-order valence-electron chi connectivity index (χ0n) is 29.0. The highest BCUT2D eigenvalue weighted by molar-refractivity contribution is 5.92. The number of hydrogen-bond acceptors (Lipinski definition) is 8. The Morgan fingerprint density at radius 3 is 1.94 bits per heavy atom. The first kappa shape index (κ1) is 35.0. The second-order valence-corrected chi connectivity index (χ2v) is 12.5. The molecule has 2 aliphatic carbocycles. The molecule has 0 bridgehead atoms. The summed E-state index contributed by atoms with van der Waals surface area (Å²) < 4.78 is 8.89. The van der Waals surface area contributed by atoms with Crippen LogP contribution in [0.4, 0.5) is 10.6 Å². The van der Waals surface area contributed by atoms with Crippen LogP contribution >= 0.6 is 0 Å². The third-order valence-electron chi connectivity index (χ3n) is 8.44. The van der Waals surface area contributed by atoms with E-state index in [0.717, 1.165) is 69.5 Å². The summed E-state index contributed by atoms with van der Waals surface area (Å²) in [7, 11) is 3.78. The Kier molecular flexibility index (Phi) is 10.9. The highest BCUT2D eigenvalue weighted by atomic mass is 16.6. The Morgan fingerprint density at radius 2 is 1.41 bits per heavy atom. The number of nitrogens with one attached hydrogen (secondary N) is 1. The highest BCUT2D eigenvalue weighted by Crippen LogP contribution is 2.39. The number of fused-ring (bicyclic) bond motifs is 2. The van der Waals surface area contributed by atoms with Crippen LogP contribution in [0.15, 0.2) is 79.6 Å². The van der Waals surface area contributed by atoms with E-state index < -0.39 is 6.09 Å². The summed E-state index contributed by atoms with van der Waals surface area (Å²) in [6.45, 7) is 7.73. The van der Waals surface area contributed by atoms with Crippen molar-refractivity contribution < 1.29 is 19.7 Å². The lowest BCUT2D eigenvalue weighted by Crippen LogP contribution is -2.21. The van der Waals surface area contributed by atoms with Crippen molar-refractivity contribution in [1.29, 1.82) is 0 Å². The summed E-state index contributed by atoms with van der Waals surface area (Å²) in [5.41, 5.74) is 4.54. The summed E-state index contributed by atoms with van der Waals surface area (Å²) in [6, 6.07) is 13.9. The monoisotopic (exact) mass is 663 g/mol. The van der Waals surface area contributed by atoms with Crippen LogP contribution in [0.2, 0.25) is 0 Å². The molecule has 0 saturated heterocycles. The molecule has 0 aliphatic heterocycles. The molecule has 0 atom stereocenters. The van der Waals surface area contributed by atoms with Gasteiger partial charge in [-0.3, -0.25) is 19.7 Å². The fourth-order valence-corrected chi connectivity index (χ4v) is 5.02. The van der Waals surface area contributed by atoms with Crippen molar-refractivity contribution in [1.82, 2.24) is 29.5 Å². The quantitative estimate of drug-likeness (QED) is 0.173. The van der Waals surface area contributed by atoms with Crippen molar-refractivity contribution in [3.8, 4) is 28.0 Å². The van der Waals surface area contributed by atoms with Crippen LogP contribution in [0.1, 0.15) is 58.6 Å². The van der Waals surface area contributed by atoms with E-state index >= 15 is 0 Å². The van der Waals surface area contributed by atoms with Gasteiger partial charge in [0.1, 0.15) is 17.2 Å². The molecule has 2 saturated carbocycles. The van der Waals surface area contributed by atoms with E-state index in [-0.39, 0.29) is 17.5 Å². The van der Waals surface area contributed by atoms with Gasteiger partial charge in [0.2, 0.25) is 0 Å². The van der Waals surface area contributed by atoms with Gasteiger partial charge in [0.15, 0.2) is 0 Å². The molecule has 3 N–H and O–H groups in total. The maximum Gasteiger partial charge on any atom is 0.413 e. The predicted molar refractivity (Wildman–Crippen MR) is 193 cm³/mol. The molecule has 2 aliphatic rings. The first-order valence-corrected chi connectivity index (χ1v) is 16.7. The Labute approximate surface area is 286 Å². The Hall–Kier alpha value is -5.29. The van der Waals surface area contributed by atoms with Crippen molar-refractivity contribution in [2.24, 2.45) is 14.1 Å². The predicted octanol–water partition coefficient (Wildman–Crippen LogP) is 7.94. The zero-order chi connectivity index (χ0) is 35.1. The van der Waals surface area contributed by atoms with E-state index in [1.165, 1.54) is 6.42 Å². The van der Waals surface area contributed by atoms with E-state index in [2.05, 4.69) is 31.5 Å². The van der Waals surface area contributed by atoms with Gasteiger partial charge in [-0.2, -0.15) is 10.2 Å². The molecule has 0 spiro atoms. The molecule has 256 valence electrons. The van der Waals surface area contributed by atoms with Gasteiger partial charge < -0.3 is 14.9 Å². The summed E-state index contributed by atoms with van der Waals surface area (Å²) in [6.07, 6.45) is 15.8. The number of pyridine rings is 2. The number of aliphatic hydroxyl groups excluding tert-OH is 1. The SMILES string of the molecule is CC.Cc1ncc2ccc(-c3cnn(C)c3)cc2c1O.Cn1cc(-c2ccc3cnc(NC(=O)OC4(C)CC4)cc3c2)cn1.OC1CCC1. The summed E-state index contributed by atoms with van der Waals surface area (Å²) in [5, 5.41) is 33.3. The van der Waals surface area contributed by atoms with Crippen LogP contribution in [0.3, 0.4) is 0 Å². The van der Waals surface area contributed by atoms with E-state index in [0.29, 0.717) is 11.5 Å². The molecule has 6 aromatic rings. The van der Waals surface area contributed by atoms with Crippen LogP contribution in [0.5, 0.6) is 5.75 Å². The number of nitrogens with zero attached hydrogens (tertiary/aromatic N) is 6. The zero-order valence-corrected chi connectivity index (χ0v) is 29.0. The molecule has 11 heteroatoms. The number of benzene rings is 2. The molecule has 11 nitrogen and oxygen atoms in total. The lowest BCUT2D eigenvalue weighted by molar-refractivity contribution is 0.0949. The normalized spacial score (nSPS) is 14.3. The molecule has 1 amide bonds. The minimum absolute atomic E-state index is 0.0648. The van der Waals surface area contributed by atoms with Crippen LogP contribution in [-0.2, 0) is 18.8 Å². The number of hydrogen-bond donors (Lipinski definition) is 3. The molecule has 8 rings (SSSR count). The van der Waals surface area contributed by atoms with Gasteiger partial charge in [0.25, 0.3) is 0 Å². The van der Waals surface area contributed by atoms with E-state index in [1.807, 2.05) is 96.1 Å². The van der Waals surface area contributed by atoms with Crippen molar-refractivity contribution in [3.63, 3.8) is 0 Å². The molecule has 0 radical (unpaired) electrons. The lowest BCUT2D eigenvalue weighted by atomic mass is 9.97. The summed E-state index contributed by atoms with van der Waals surface area (Å²) >= 11 is 0. The lowest BCUT2D eigenvalue weighted by Gasteiger charge is -2.17. The second kappa shape index (κ2) is 15.3. The third-order valence-corrected chi connectivity index (χ3v) is 8.44. The van der Waals surface area contributed by atoms with Crippen molar-refractivity contribution in [3.05, 3.63) is 85.3 Å². The minimum atomic E-state index is -0.453. The molecule has 2 aromatic carbocycles. The second-order valence-electron chi connectivity index (χ2n) is 12.5. The van der Waals surface area contributed by atoms with E-state index in [9.17, 15) is 9.90 Å². The Balaban J connectivity index is 0.000000164. The van der Waals surface area contributed by atoms with Crippen molar-refractivity contribution >= 4 is 33.5 Å². The number of anilines is 1. The number of rotatable bonds is 4. The maximum atomic E-state index is 11.9. The molecular weight excluding hydrogens is 618 g/mol. The Bertz CT molecular complexity index is 2040. The number of carbonyl (C=O) groups is 1. The number of carbonyl (C=O) groups excluding carboxylic acids is 1. The number of aromatic nitrogens is 6.